The Labute approximate surface area is 171 Å². The number of hydrogen-bond acceptors (Lipinski definition) is 5. The van der Waals surface area contributed by atoms with E-state index in [4.69, 9.17) is 9.72 Å². The second-order valence-electron chi connectivity index (χ2n) is 7.20. The third kappa shape index (κ3) is 4.54. The van der Waals surface area contributed by atoms with E-state index in [2.05, 4.69) is 58.5 Å². The number of piperazine rings is 1. The average Bonchev–Trinajstić information content (AvgIpc) is 3.18. The molecule has 1 aliphatic rings. The first-order valence-electron chi connectivity index (χ1n) is 9.93. The van der Waals surface area contributed by atoms with E-state index in [0.29, 0.717) is 6.61 Å². The van der Waals surface area contributed by atoms with Crippen molar-refractivity contribution in [2.24, 2.45) is 0 Å². The molecule has 2 aromatic carbocycles. The van der Waals surface area contributed by atoms with Gasteiger partial charge in [-0.1, -0.05) is 12.1 Å². The van der Waals surface area contributed by atoms with E-state index in [0.717, 1.165) is 54.7 Å². The van der Waals surface area contributed by atoms with Crippen molar-refractivity contribution in [1.82, 2.24) is 9.88 Å². The molecule has 0 radical (unpaired) electrons. The van der Waals surface area contributed by atoms with Crippen LogP contribution in [0, 0.1) is 6.92 Å². The molecule has 1 aromatic heterocycles. The fourth-order valence-electron chi connectivity index (χ4n) is 3.59. The molecule has 4 nitrogen and oxygen atoms in total. The van der Waals surface area contributed by atoms with Crippen LogP contribution in [0.15, 0.2) is 53.9 Å². The van der Waals surface area contributed by atoms with E-state index in [1.54, 1.807) is 11.3 Å². The van der Waals surface area contributed by atoms with Crippen LogP contribution in [0.1, 0.15) is 18.2 Å². The van der Waals surface area contributed by atoms with Gasteiger partial charge in [-0.3, -0.25) is 4.90 Å². The fraction of sp³-hybridized carbons (Fsp3) is 0.348. The van der Waals surface area contributed by atoms with Gasteiger partial charge in [0.05, 0.1) is 12.3 Å². The molecule has 1 saturated heterocycles. The highest BCUT2D eigenvalue weighted by Crippen LogP contribution is 2.26. The van der Waals surface area contributed by atoms with Crippen molar-refractivity contribution in [3.8, 4) is 16.3 Å². The molecule has 0 unspecified atom stereocenters. The highest BCUT2D eigenvalue weighted by atomic mass is 32.1. The van der Waals surface area contributed by atoms with Crippen LogP contribution < -0.4 is 9.64 Å². The lowest BCUT2D eigenvalue weighted by Crippen LogP contribution is -2.46. The predicted molar refractivity (Wildman–Crippen MR) is 117 cm³/mol. The smallest absolute Gasteiger partial charge is 0.123 e. The Kier molecular flexibility index (Phi) is 5.93. The van der Waals surface area contributed by atoms with E-state index < -0.39 is 0 Å². The molecule has 0 amide bonds. The summed E-state index contributed by atoms with van der Waals surface area (Å²) in [7, 11) is 0. The van der Waals surface area contributed by atoms with Gasteiger partial charge >= 0.3 is 0 Å². The van der Waals surface area contributed by atoms with Crippen LogP contribution in [0.25, 0.3) is 10.6 Å². The zero-order valence-corrected chi connectivity index (χ0v) is 17.4. The summed E-state index contributed by atoms with van der Waals surface area (Å²) in [6.07, 6.45) is 0. The van der Waals surface area contributed by atoms with Gasteiger partial charge in [-0.2, -0.15) is 0 Å². The first-order chi connectivity index (χ1) is 13.7. The van der Waals surface area contributed by atoms with Gasteiger partial charge in [-0.25, -0.2) is 4.98 Å². The van der Waals surface area contributed by atoms with Gasteiger partial charge < -0.3 is 9.64 Å². The average molecular weight is 394 g/mol. The van der Waals surface area contributed by atoms with Crippen LogP contribution in [0.3, 0.4) is 0 Å². The highest BCUT2D eigenvalue weighted by Gasteiger charge is 2.18. The Morgan fingerprint density at radius 3 is 2.54 bits per heavy atom. The molecule has 1 aliphatic heterocycles. The lowest BCUT2D eigenvalue weighted by Gasteiger charge is -2.35. The van der Waals surface area contributed by atoms with Crippen LogP contribution >= 0.6 is 11.3 Å². The topological polar surface area (TPSA) is 28.6 Å². The van der Waals surface area contributed by atoms with Crippen LogP contribution in [-0.4, -0.2) is 42.7 Å². The van der Waals surface area contributed by atoms with Crippen molar-refractivity contribution in [3.63, 3.8) is 0 Å². The first kappa shape index (κ1) is 19.0. The SMILES string of the molecule is CCOc1ccc(-c2nc(CN3CCN(c4cccc(C)c4)CC3)cs2)cc1. The summed E-state index contributed by atoms with van der Waals surface area (Å²) < 4.78 is 5.52. The van der Waals surface area contributed by atoms with Crippen molar-refractivity contribution in [2.75, 3.05) is 37.7 Å². The quantitative estimate of drug-likeness (QED) is 0.599. The molecule has 146 valence electrons. The van der Waals surface area contributed by atoms with Crippen molar-refractivity contribution in [3.05, 3.63) is 65.2 Å². The summed E-state index contributed by atoms with van der Waals surface area (Å²) >= 11 is 1.72. The molecule has 28 heavy (non-hydrogen) atoms. The van der Waals surface area contributed by atoms with Crippen LogP contribution in [0.2, 0.25) is 0 Å². The lowest BCUT2D eigenvalue weighted by atomic mass is 10.2. The molecule has 5 heteroatoms. The number of rotatable bonds is 6. The number of hydrogen-bond donors (Lipinski definition) is 0. The molecule has 0 saturated carbocycles. The summed E-state index contributed by atoms with van der Waals surface area (Å²) in [5.41, 5.74) is 4.98. The maximum Gasteiger partial charge on any atom is 0.123 e. The third-order valence-electron chi connectivity index (χ3n) is 5.09. The van der Waals surface area contributed by atoms with E-state index in [1.807, 2.05) is 19.1 Å². The maximum absolute atomic E-state index is 5.52. The standard InChI is InChI=1S/C23H27N3OS/c1-3-27-22-9-7-19(8-10-22)23-24-20(17-28-23)16-25-11-13-26(14-12-25)21-6-4-5-18(2)15-21/h4-10,15,17H,3,11-14,16H2,1-2H3. The number of benzene rings is 2. The number of anilines is 1. The first-order valence-corrected chi connectivity index (χ1v) is 10.8. The summed E-state index contributed by atoms with van der Waals surface area (Å²) in [5.74, 6) is 0.912. The van der Waals surface area contributed by atoms with Gasteiger partial charge in [0, 0.05) is 49.4 Å². The highest BCUT2D eigenvalue weighted by molar-refractivity contribution is 7.13. The summed E-state index contributed by atoms with van der Waals surface area (Å²) in [6, 6.07) is 17.0. The minimum atomic E-state index is 0.692. The number of ether oxygens (including phenoxy) is 1. The van der Waals surface area contributed by atoms with Crippen molar-refractivity contribution in [1.29, 1.82) is 0 Å². The monoisotopic (exact) mass is 393 g/mol. The second kappa shape index (κ2) is 8.76. The molecular weight excluding hydrogens is 366 g/mol. The van der Waals surface area contributed by atoms with E-state index in [1.165, 1.54) is 11.3 Å². The molecular formula is C23H27N3OS. The molecule has 0 spiro atoms. The lowest BCUT2D eigenvalue weighted by molar-refractivity contribution is 0.247. The molecule has 3 aromatic rings. The minimum Gasteiger partial charge on any atom is -0.494 e. The Morgan fingerprint density at radius 2 is 1.82 bits per heavy atom. The molecule has 0 atom stereocenters. The predicted octanol–water partition coefficient (Wildman–Crippen LogP) is 4.84. The van der Waals surface area contributed by atoms with Gasteiger partial charge in [0.1, 0.15) is 10.8 Å². The van der Waals surface area contributed by atoms with Crippen LogP contribution in [-0.2, 0) is 6.54 Å². The largest absolute Gasteiger partial charge is 0.494 e. The molecule has 0 N–H and O–H groups in total. The zero-order chi connectivity index (χ0) is 19.3. The number of nitrogens with zero attached hydrogens (tertiary/aromatic N) is 3. The molecule has 0 aliphatic carbocycles. The summed E-state index contributed by atoms with van der Waals surface area (Å²) in [6.45, 7) is 10.1. The van der Waals surface area contributed by atoms with E-state index in [-0.39, 0.29) is 0 Å². The van der Waals surface area contributed by atoms with Crippen molar-refractivity contribution in [2.45, 2.75) is 20.4 Å². The molecule has 0 bridgehead atoms. The van der Waals surface area contributed by atoms with E-state index >= 15 is 0 Å². The van der Waals surface area contributed by atoms with Gasteiger partial charge in [-0.05, 0) is 55.8 Å². The molecule has 2 heterocycles. The van der Waals surface area contributed by atoms with E-state index in [9.17, 15) is 0 Å². The number of aromatic nitrogens is 1. The Bertz CT molecular complexity index is 898. The second-order valence-corrected chi connectivity index (χ2v) is 8.06. The Balaban J connectivity index is 1.33. The summed E-state index contributed by atoms with van der Waals surface area (Å²) in [5, 5.41) is 3.27. The molecule has 1 fully saturated rings. The Morgan fingerprint density at radius 1 is 1.04 bits per heavy atom. The normalized spacial score (nSPS) is 15.0. The summed E-state index contributed by atoms with van der Waals surface area (Å²) in [4.78, 5) is 9.85. The van der Waals surface area contributed by atoms with Crippen LogP contribution in [0.5, 0.6) is 5.75 Å². The third-order valence-corrected chi connectivity index (χ3v) is 6.03. The minimum absolute atomic E-state index is 0.692. The van der Waals surface area contributed by atoms with Crippen LogP contribution in [0.4, 0.5) is 5.69 Å². The maximum atomic E-state index is 5.52. The molecule has 4 rings (SSSR count). The zero-order valence-electron chi connectivity index (χ0n) is 16.6. The number of aryl methyl sites for hydroxylation is 1. The number of thiazole rings is 1. The van der Waals surface area contributed by atoms with Gasteiger partial charge in [0.25, 0.3) is 0 Å². The van der Waals surface area contributed by atoms with Crippen molar-refractivity contribution < 1.29 is 4.74 Å². The van der Waals surface area contributed by atoms with Gasteiger partial charge in [-0.15, -0.1) is 11.3 Å². The van der Waals surface area contributed by atoms with Crippen molar-refractivity contribution >= 4 is 17.0 Å². The fourth-order valence-corrected chi connectivity index (χ4v) is 4.41. The Hall–Kier alpha value is -2.37. The van der Waals surface area contributed by atoms with Gasteiger partial charge in [0.2, 0.25) is 0 Å². The van der Waals surface area contributed by atoms with Gasteiger partial charge in [0.15, 0.2) is 0 Å².